The van der Waals surface area contributed by atoms with E-state index in [0.29, 0.717) is 54.7 Å². The van der Waals surface area contributed by atoms with E-state index in [-0.39, 0.29) is 23.8 Å². The van der Waals surface area contributed by atoms with Gasteiger partial charge in [0.2, 0.25) is 5.95 Å². The van der Waals surface area contributed by atoms with Crippen LogP contribution < -0.4 is 20.8 Å². The van der Waals surface area contributed by atoms with Crippen LogP contribution in [-0.4, -0.2) is 71.7 Å². The number of carbonyl (C=O) groups is 2. The van der Waals surface area contributed by atoms with Gasteiger partial charge in [0.05, 0.1) is 17.4 Å². The van der Waals surface area contributed by atoms with Gasteiger partial charge in [0.1, 0.15) is 11.7 Å². The molecule has 0 radical (unpaired) electrons. The summed E-state index contributed by atoms with van der Waals surface area (Å²) in [6, 6.07) is 13.0. The van der Waals surface area contributed by atoms with Gasteiger partial charge in [0.25, 0.3) is 5.91 Å². The molecule has 0 saturated heterocycles. The molecule has 4 aromatic heterocycles. The number of rotatable bonds is 13. The van der Waals surface area contributed by atoms with Crippen molar-refractivity contribution in [3.8, 4) is 5.69 Å². The number of hydrogen-bond acceptors (Lipinski definition) is 9. The van der Waals surface area contributed by atoms with Crippen molar-refractivity contribution in [1.29, 1.82) is 0 Å². The summed E-state index contributed by atoms with van der Waals surface area (Å²) in [7, 11) is 0. The minimum atomic E-state index is -1.09. The zero-order chi connectivity index (χ0) is 32.8. The van der Waals surface area contributed by atoms with Gasteiger partial charge in [-0.25, -0.2) is 24.1 Å². The summed E-state index contributed by atoms with van der Waals surface area (Å²) in [5.74, 6) is -0.727. The van der Waals surface area contributed by atoms with Crippen LogP contribution in [0.15, 0.2) is 78.1 Å². The van der Waals surface area contributed by atoms with E-state index in [1.54, 1.807) is 76.4 Å². The number of carboxylic acid groups (broad SMARTS) is 1. The van der Waals surface area contributed by atoms with E-state index in [2.05, 4.69) is 20.3 Å². The molecule has 238 valence electrons. The minimum Gasteiger partial charge on any atom is -0.480 e. The Morgan fingerprint density at radius 3 is 2.28 bits per heavy atom. The monoisotopic (exact) mass is 623 g/mol. The number of fused-ring (bicyclic) bond motifs is 1. The van der Waals surface area contributed by atoms with E-state index < -0.39 is 12.0 Å². The maximum Gasteiger partial charge on any atom is 0.334 e. The maximum atomic E-state index is 13.5. The lowest BCUT2D eigenvalue weighted by Crippen LogP contribution is -2.36. The van der Waals surface area contributed by atoms with Crippen LogP contribution in [0.4, 0.5) is 17.5 Å². The van der Waals surface area contributed by atoms with E-state index in [9.17, 15) is 19.5 Å². The minimum absolute atomic E-state index is 0.105. The van der Waals surface area contributed by atoms with Crippen LogP contribution in [0, 0.1) is 0 Å². The first-order chi connectivity index (χ1) is 22.3. The van der Waals surface area contributed by atoms with Crippen molar-refractivity contribution in [2.45, 2.75) is 46.7 Å². The fraction of sp³-hybridized carbons (Fsp3) is 0.303. The zero-order valence-electron chi connectivity index (χ0n) is 26.3. The largest absolute Gasteiger partial charge is 0.480 e. The van der Waals surface area contributed by atoms with E-state index >= 15 is 0 Å². The van der Waals surface area contributed by atoms with Crippen LogP contribution in [0.5, 0.6) is 0 Å². The Morgan fingerprint density at radius 2 is 1.65 bits per heavy atom. The number of aryl methyl sites for hydroxylation is 1. The highest BCUT2D eigenvalue weighted by Gasteiger charge is 2.26. The number of nitrogens with one attached hydrogen (secondary N) is 1. The summed E-state index contributed by atoms with van der Waals surface area (Å²) in [6.45, 7) is 9.79. The van der Waals surface area contributed by atoms with Gasteiger partial charge in [0.15, 0.2) is 11.5 Å². The zero-order valence-corrected chi connectivity index (χ0v) is 26.3. The Morgan fingerprint density at radius 1 is 0.935 bits per heavy atom. The Kier molecular flexibility index (Phi) is 9.70. The van der Waals surface area contributed by atoms with Gasteiger partial charge in [-0.05, 0) is 69.7 Å². The number of aliphatic carboxylic acids is 1. The lowest BCUT2D eigenvalue weighted by Gasteiger charge is -2.27. The number of carbonyl (C=O) groups excluding carboxylic acids is 1. The van der Waals surface area contributed by atoms with Gasteiger partial charge in [-0.3, -0.25) is 14.3 Å². The summed E-state index contributed by atoms with van der Waals surface area (Å²) < 4.78 is 3.21. The topological polar surface area (TPSA) is 151 Å². The summed E-state index contributed by atoms with van der Waals surface area (Å²) in [6.07, 6.45) is 6.39. The summed E-state index contributed by atoms with van der Waals surface area (Å²) in [4.78, 5) is 60.4. The average Bonchev–Trinajstić information content (AvgIpc) is 3.37. The third-order valence-electron chi connectivity index (χ3n) is 7.83. The molecular formula is C33H37N9O4. The fourth-order valence-electron chi connectivity index (χ4n) is 5.41. The van der Waals surface area contributed by atoms with Crippen LogP contribution in [0.25, 0.3) is 16.9 Å². The van der Waals surface area contributed by atoms with Crippen molar-refractivity contribution in [3.63, 3.8) is 0 Å². The normalized spacial score (nSPS) is 11.7. The van der Waals surface area contributed by atoms with Gasteiger partial charge in [-0.1, -0.05) is 12.1 Å². The number of nitrogens with zero attached hydrogens (tertiary/aromatic N) is 8. The molecule has 5 aromatic rings. The van der Waals surface area contributed by atoms with Crippen molar-refractivity contribution < 1.29 is 14.7 Å². The van der Waals surface area contributed by atoms with Gasteiger partial charge in [-0.2, -0.15) is 4.98 Å². The average molecular weight is 624 g/mol. The molecule has 13 nitrogen and oxygen atoms in total. The van der Waals surface area contributed by atoms with Crippen molar-refractivity contribution in [1.82, 2.24) is 29.1 Å². The molecule has 0 aliphatic carbocycles. The first-order valence-electron chi connectivity index (χ1n) is 15.3. The molecular weight excluding hydrogens is 586 g/mol. The highest BCUT2D eigenvalue weighted by molar-refractivity contribution is 6.07. The number of carboxylic acids is 1. The van der Waals surface area contributed by atoms with Crippen molar-refractivity contribution in [3.05, 3.63) is 94.9 Å². The Labute approximate surface area is 266 Å². The number of benzene rings is 1. The highest BCUT2D eigenvalue weighted by atomic mass is 16.4. The van der Waals surface area contributed by atoms with Crippen molar-refractivity contribution in [2.75, 3.05) is 34.8 Å². The predicted octanol–water partition coefficient (Wildman–Crippen LogP) is 4.01. The molecule has 46 heavy (non-hydrogen) atoms. The van der Waals surface area contributed by atoms with Crippen LogP contribution in [0.1, 0.15) is 43.6 Å². The summed E-state index contributed by atoms with van der Waals surface area (Å²) in [5, 5.41) is 13.4. The first kappa shape index (κ1) is 31.8. The molecule has 1 amide bonds. The second-order valence-electron chi connectivity index (χ2n) is 10.5. The van der Waals surface area contributed by atoms with Gasteiger partial charge >= 0.3 is 11.7 Å². The van der Waals surface area contributed by atoms with E-state index in [0.717, 1.165) is 11.1 Å². The Hall–Kier alpha value is -5.59. The molecule has 0 bridgehead atoms. The summed E-state index contributed by atoms with van der Waals surface area (Å²) in [5.41, 5.74) is 3.24. The quantitative estimate of drug-likeness (QED) is 0.197. The van der Waals surface area contributed by atoms with Crippen molar-refractivity contribution >= 4 is 40.5 Å². The molecule has 13 heteroatoms. The SMILES string of the molecule is CCN(CC)c1ncc(N(CC)C(=O)c2ccncc2)c(N[C@@H](Cc2ccc(-n3c(=O)n(CC)c4cccnc43)cc2)C(=O)O)n1. The molecule has 4 heterocycles. The fourth-order valence-corrected chi connectivity index (χ4v) is 5.41. The second-order valence-corrected chi connectivity index (χ2v) is 10.5. The van der Waals surface area contributed by atoms with Crippen LogP contribution in [0.3, 0.4) is 0 Å². The molecule has 1 atom stereocenters. The standard InChI is InChI=1S/C33H37N9O4/c1-5-39(6-2)32-36-21-27(40(7-3)30(43)23-15-18-34-19-16-23)28(38-32)37-25(31(44)45)20-22-11-13-24(14-12-22)42-29-26(10-9-17-35-29)41(8-4)33(42)46/h9-19,21,25H,5-8,20H2,1-4H3,(H,44,45)(H,36,37,38)/t25-/m0/s1. The molecule has 0 aliphatic heterocycles. The van der Waals surface area contributed by atoms with Gasteiger partial charge < -0.3 is 20.2 Å². The van der Waals surface area contributed by atoms with E-state index in [1.165, 1.54) is 4.90 Å². The number of hydrogen-bond donors (Lipinski definition) is 2. The molecule has 2 N–H and O–H groups in total. The van der Waals surface area contributed by atoms with Crippen molar-refractivity contribution in [2.24, 2.45) is 0 Å². The molecule has 0 fully saturated rings. The first-order valence-corrected chi connectivity index (χ1v) is 15.3. The van der Waals surface area contributed by atoms with Crippen LogP contribution in [-0.2, 0) is 17.8 Å². The van der Waals surface area contributed by atoms with Crippen LogP contribution >= 0.6 is 0 Å². The number of amides is 1. The molecule has 0 aliphatic rings. The molecule has 5 rings (SSSR count). The Balaban J connectivity index is 1.47. The van der Waals surface area contributed by atoms with E-state index in [1.807, 2.05) is 38.7 Å². The second kappa shape index (κ2) is 14.0. The smallest absolute Gasteiger partial charge is 0.334 e. The molecule has 1 aromatic carbocycles. The van der Waals surface area contributed by atoms with Crippen LogP contribution in [0.2, 0.25) is 0 Å². The Bertz CT molecular complexity index is 1880. The molecule has 0 unspecified atom stereocenters. The lowest BCUT2D eigenvalue weighted by atomic mass is 10.1. The molecule has 0 spiro atoms. The predicted molar refractivity (Wildman–Crippen MR) is 177 cm³/mol. The third kappa shape index (κ3) is 6.29. The number of pyridine rings is 2. The van der Waals surface area contributed by atoms with Gasteiger partial charge in [0, 0.05) is 56.8 Å². The highest BCUT2D eigenvalue weighted by Crippen LogP contribution is 2.28. The number of aromatic nitrogens is 6. The maximum absolute atomic E-state index is 13.5. The summed E-state index contributed by atoms with van der Waals surface area (Å²) >= 11 is 0. The number of anilines is 3. The van der Waals surface area contributed by atoms with Gasteiger partial charge in [-0.15, -0.1) is 0 Å². The molecule has 0 saturated carbocycles. The lowest BCUT2D eigenvalue weighted by molar-refractivity contribution is -0.137. The third-order valence-corrected chi connectivity index (χ3v) is 7.83. The number of imidazole rings is 1. The van der Waals surface area contributed by atoms with E-state index in [4.69, 9.17) is 4.98 Å².